The van der Waals surface area contributed by atoms with E-state index < -0.39 is 9.84 Å². The van der Waals surface area contributed by atoms with E-state index in [1.165, 1.54) is 31.9 Å². The summed E-state index contributed by atoms with van der Waals surface area (Å²) in [6, 6.07) is 0. The molecule has 0 bridgehead atoms. The lowest BCUT2D eigenvalue weighted by atomic mass is 9.87. The molecule has 1 saturated carbocycles. The molecule has 0 aromatic carbocycles. The maximum atomic E-state index is 11.6. The largest absolute Gasteiger partial charge is 0.357 e. The van der Waals surface area contributed by atoms with Gasteiger partial charge in [0.25, 0.3) is 0 Å². The molecule has 0 amide bonds. The van der Waals surface area contributed by atoms with E-state index in [1.54, 1.807) is 0 Å². The van der Waals surface area contributed by atoms with Crippen LogP contribution in [0.15, 0.2) is 4.99 Å². The Bertz CT molecular complexity index is 508. The molecule has 6 heteroatoms. The highest BCUT2D eigenvalue weighted by Gasteiger charge is 2.45. The van der Waals surface area contributed by atoms with Crippen LogP contribution in [0.4, 0.5) is 0 Å². The average molecular weight is 360 g/mol. The summed E-state index contributed by atoms with van der Waals surface area (Å²) < 4.78 is 23.1. The van der Waals surface area contributed by atoms with E-state index in [0.717, 1.165) is 31.9 Å². The predicted molar refractivity (Wildman–Crippen MR) is 103 cm³/mol. The smallest absolute Gasteiger partial charge is 0.191 e. The maximum Gasteiger partial charge on any atom is 0.191 e. The van der Waals surface area contributed by atoms with Crippen molar-refractivity contribution >= 4 is 15.8 Å². The zero-order valence-corrected chi connectivity index (χ0v) is 17.1. The van der Waals surface area contributed by atoms with Crippen LogP contribution < -0.4 is 10.6 Å². The summed E-state index contributed by atoms with van der Waals surface area (Å²) in [6.07, 6.45) is 8.24. The molecule has 1 fully saturated rings. The van der Waals surface area contributed by atoms with Gasteiger partial charge >= 0.3 is 0 Å². The summed E-state index contributed by atoms with van der Waals surface area (Å²) in [5.74, 6) is 1.08. The zero-order chi connectivity index (χ0) is 18.3. The monoisotopic (exact) mass is 359 g/mol. The molecule has 0 radical (unpaired) electrons. The van der Waals surface area contributed by atoms with Crippen molar-refractivity contribution in [3.63, 3.8) is 0 Å². The van der Waals surface area contributed by atoms with Gasteiger partial charge in [0.05, 0.1) is 5.75 Å². The van der Waals surface area contributed by atoms with Gasteiger partial charge in [0.1, 0.15) is 9.84 Å². The average Bonchev–Trinajstić information content (AvgIpc) is 3.20. The minimum atomic E-state index is -2.93. The van der Waals surface area contributed by atoms with Crippen LogP contribution in [0.25, 0.3) is 0 Å². The molecule has 2 N–H and O–H groups in total. The van der Waals surface area contributed by atoms with Gasteiger partial charge in [-0.3, -0.25) is 4.99 Å². The van der Waals surface area contributed by atoms with Crippen LogP contribution in [0.3, 0.4) is 0 Å². The Labute approximate surface area is 149 Å². The van der Waals surface area contributed by atoms with Gasteiger partial charge in [-0.15, -0.1) is 0 Å². The molecule has 0 unspecified atom stereocenters. The lowest BCUT2D eigenvalue weighted by Crippen LogP contribution is -2.42. The SMILES string of the molecule is CCCCCC(C)(C)CN=C(NCC)NCC1(CS(C)(=O)=O)CC1. The van der Waals surface area contributed by atoms with E-state index in [-0.39, 0.29) is 16.6 Å². The number of nitrogens with zero attached hydrogens (tertiary/aromatic N) is 1. The van der Waals surface area contributed by atoms with Gasteiger partial charge in [0.15, 0.2) is 5.96 Å². The fraction of sp³-hybridized carbons (Fsp3) is 0.944. The van der Waals surface area contributed by atoms with E-state index in [0.29, 0.717) is 6.54 Å². The summed E-state index contributed by atoms with van der Waals surface area (Å²) in [7, 11) is -2.93. The number of aliphatic imine (C=N–C) groups is 1. The van der Waals surface area contributed by atoms with Crippen LogP contribution in [-0.2, 0) is 9.84 Å². The molecule has 5 nitrogen and oxygen atoms in total. The van der Waals surface area contributed by atoms with Crippen molar-refractivity contribution in [2.45, 2.75) is 66.2 Å². The molecule has 0 aliphatic heterocycles. The molecule has 0 heterocycles. The van der Waals surface area contributed by atoms with E-state index in [9.17, 15) is 8.42 Å². The Hall–Kier alpha value is -0.780. The van der Waals surface area contributed by atoms with E-state index in [1.807, 2.05) is 6.92 Å². The molecule has 1 rings (SSSR count). The normalized spacial score (nSPS) is 17.6. The molecule has 1 aliphatic rings. The third-order valence-electron chi connectivity index (χ3n) is 4.62. The topological polar surface area (TPSA) is 70.6 Å². The zero-order valence-electron chi connectivity index (χ0n) is 16.2. The summed E-state index contributed by atoms with van der Waals surface area (Å²) in [5.41, 5.74) is 0.113. The summed E-state index contributed by atoms with van der Waals surface area (Å²) >= 11 is 0. The standard InChI is InChI=1S/C18H37N3O2S/c1-6-8-9-10-17(3,4)13-20-16(19-7-2)21-14-18(11-12-18)15-24(5,22)23/h6-15H2,1-5H3,(H2,19,20,21). The Morgan fingerprint density at radius 2 is 1.83 bits per heavy atom. The van der Waals surface area contributed by atoms with Crippen LogP contribution >= 0.6 is 0 Å². The van der Waals surface area contributed by atoms with Crippen molar-refractivity contribution in [2.24, 2.45) is 15.8 Å². The minimum absolute atomic E-state index is 0.0829. The minimum Gasteiger partial charge on any atom is -0.357 e. The number of guanidine groups is 1. The van der Waals surface area contributed by atoms with Gasteiger partial charge < -0.3 is 10.6 Å². The van der Waals surface area contributed by atoms with Crippen molar-refractivity contribution in [1.29, 1.82) is 0 Å². The van der Waals surface area contributed by atoms with Crippen LogP contribution in [0.2, 0.25) is 0 Å². The summed E-state index contributed by atoms with van der Waals surface area (Å²) in [5, 5.41) is 6.64. The summed E-state index contributed by atoms with van der Waals surface area (Å²) in [6.45, 7) is 11.1. The van der Waals surface area contributed by atoms with Gasteiger partial charge in [-0.1, -0.05) is 40.0 Å². The Morgan fingerprint density at radius 1 is 1.17 bits per heavy atom. The fourth-order valence-corrected chi connectivity index (χ4v) is 4.45. The summed E-state index contributed by atoms with van der Waals surface area (Å²) in [4.78, 5) is 4.74. The first-order chi connectivity index (χ1) is 11.1. The molecule has 24 heavy (non-hydrogen) atoms. The van der Waals surface area contributed by atoms with Gasteiger partial charge in [-0.2, -0.15) is 0 Å². The highest BCUT2D eigenvalue weighted by atomic mass is 32.2. The van der Waals surface area contributed by atoms with Crippen molar-refractivity contribution in [3.8, 4) is 0 Å². The number of hydrogen-bond donors (Lipinski definition) is 2. The van der Waals surface area contributed by atoms with Gasteiger partial charge in [0.2, 0.25) is 0 Å². The van der Waals surface area contributed by atoms with Gasteiger partial charge in [-0.25, -0.2) is 8.42 Å². The van der Waals surface area contributed by atoms with E-state index in [2.05, 4.69) is 31.4 Å². The first kappa shape index (κ1) is 21.3. The van der Waals surface area contributed by atoms with E-state index in [4.69, 9.17) is 4.99 Å². The number of hydrogen-bond acceptors (Lipinski definition) is 3. The molecule has 0 saturated heterocycles. The van der Waals surface area contributed by atoms with Crippen molar-refractivity contribution in [1.82, 2.24) is 10.6 Å². The predicted octanol–water partition coefficient (Wildman–Crippen LogP) is 2.97. The molecular weight excluding hydrogens is 322 g/mol. The molecule has 0 aromatic heterocycles. The first-order valence-electron chi connectivity index (χ1n) is 9.31. The second kappa shape index (κ2) is 9.07. The lowest BCUT2D eigenvalue weighted by Gasteiger charge is -2.24. The Kier molecular flexibility index (Phi) is 8.03. The molecule has 0 atom stereocenters. The van der Waals surface area contributed by atoms with Gasteiger partial charge in [0, 0.05) is 31.3 Å². The lowest BCUT2D eigenvalue weighted by molar-refractivity contribution is 0.332. The Balaban J connectivity index is 2.54. The van der Waals surface area contributed by atoms with Crippen LogP contribution in [-0.4, -0.2) is 46.0 Å². The third-order valence-corrected chi connectivity index (χ3v) is 5.76. The van der Waals surface area contributed by atoms with Crippen molar-refractivity contribution in [2.75, 3.05) is 31.6 Å². The Morgan fingerprint density at radius 3 is 2.33 bits per heavy atom. The van der Waals surface area contributed by atoms with Crippen LogP contribution in [0.5, 0.6) is 0 Å². The fourth-order valence-electron chi connectivity index (χ4n) is 2.94. The molecule has 142 valence electrons. The molecule has 0 aromatic rings. The quantitative estimate of drug-likeness (QED) is 0.338. The molecule has 1 aliphatic carbocycles. The first-order valence-corrected chi connectivity index (χ1v) is 11.4. The maximum absolute atomic E-state index is 11.6. The molecular formula is C18H37N3O2S. The van der Waals surface area contributed by atoms with Gasteiger partial charge in [-0.05, 0) is 31.6 Å². The number of unbranched alkanes of at least 4 members (excludes halogenated alkanes) is 2. The third kappa shape index (κ3) is 8.90. The van der Waals surface area contributed by atoms with E-state index >= 15 is 0 Å². The highest BCUT2D eigenvalue weighted by Crippen LogP contribution is 2.46. The second-order valence-corrected chi connectivity index (χ2v) is 10.4. The van der Waals surface area contributed by atoms with Crippen LogP contribution in [0, 0.1) is 10.8 Å². The second-order valence-electron chi connectivity index (χ2n) is 8.24. The van der Waals surface area contributed by atoms with Crippen LogP contribution in [0.1, 0.15) is 66.2 Å². The van der Waals surface area contributed by atoms with Crippen molar-refractivity contribution < 1.29 is 8.42 Å². The highest BCUT2D eigenvalue weighted by molar-refractivity contribution is 7.90. The molecule has 0 spiro atoms. The number of rotatable bonds is 11. The van der Waals surface area contributed by atoms with Crippen molar-refractivity contribution in [3.05, 3.63) is 0 Å². The number of nitrogens with one attached hydrogen (secondary N) is 2. The number of sulfone groups is 1.